The van der Waals surface area contributed by atoms with E-state index >= 15 is 0 Å². The summed E-state index contributed by atoms with van der Waals surface area (Å²) in [6, 6.07) is 9.42. The number of carbonyl (C=O) groups is 1. The fraction of sp³-hybridized carbons (Fsp3) is 0.214. The minimum atomic E-state index is -0.648. The van der Waals surface area contributed by atoms with Crippen molar-refractivity contribution in [1.29, 1.82) is 0 Å². The van der Waals surface area contributed by atoms with Crippen LogP contribution in [-0.4, -0.2) is 22.1 Å². The predicted octanol–water partition coefficient (Wildman–Crippen LogP) is 2.13. The number of nitrogens with one attached hydrogen (secondary N) is 1. The van der Waals surface area contributed by atoms with Gasteiger partial charge in [-0.05, 0) is 24.7 Å². The van der Waals surface area contributed by atoms with Crippen molar-refractivity contribution in [1.82, 2.24) is 9.55 Å². The van der Waals surface area contributed by atoms with Gasteiger partial charge in [-0.15, -0.1) is 0 Å². The van der Waals surface area contributed by atoms with Crippen molar-refractivity contribution >= 4 is 18.2 Å². The molecule has 2 rings (SSSR count). The average molecular weight is 290 g/mol. The van der Waals surface area contributed by atoms with Crippen LogP contribution in [0.1, 0.15) is 22.8 Å². The lowest BCUT2D eigenvalue weighted by Crippen LogP contribution is -2.29. The van der Waals surface area contributed by atoms with Gasteiger partial charge in [0.15, 0.2) is 4.77 Å². The van der Waals surface area contributed by atoms with Gasteiger partial charge in [0, 0.05) is 6.20 Å². The highest BCUT2D eigenvalue weighted by Crippen LogP contribution is 2.02. The van der Waals surface area contributed by atoms with Gasteiger partial charge in [-0.25, -0.2) is 4.79 Å². The Hall–Kier alpha value is -2.21. The van der Waals surface area contributed by atoms with Gasteiger partial charge in [-0.1, -0.05) is 30.3 Å². The first kappa shape index (κ1) is 14.2. The molecule has 0 spiro atoms. The van der Waals surface area contributed by atoms with Crippen molar-refractivity contribution in [3.8, 4) is 0 Å². The first-order chi connectivity index (χ1) is 9.63. The number of nitrogens with zero attached hydrogens (tertiary/aromatic N) is 1. The van der Waals surface area contributed by atoms with Crippen LogP contribution in [0.5, 0.6) is 0 Å². The van der Waals surface area contributed by atoms with Crippen LogP contribution in [0.3, 0.4) is 0 Å². The predicted molar refractivity (Wildman–Crippen MR) is 77.4 cm³/mol. The summed E-state index contributed by atoms with van der Waals surface area (Å²) >= 11 is 5.10. The van der Waals surface area contributed by atoms with E-state index in [0.717, 1.165) is 5.56 Å². The molecule has 5 nitrogen and oxygen atoms in total. The highest BCUT2D eigenvalue weighted by Gasteiger charge is 2.14. The molecular formula is C14H14N2O3S. The maximum absolute atomic E-state index is 12.3. The molecule has 1 aromatic heterocycles. The first-order valence-corrected chi connectivity index (χ1v) is 6.58. The number of aromatic amines is 1. The van der Waals surface area contributed by atoms with E-state index in [4.69, 9.17) is 17.0 Å². The molecule has 2 aromatic rings. The van der Waals surface area contributed by atoms with Crippen molar-refractivity contribution in [2.45, 2.75) is 13.5 Å². The highest BCUT2D eigenvalue weighted by molar-refractivity contribution is 7.71. The molecule has 0 fully saturated rings. The van der Waals surface area contributed by atoms with Gasteiger partial charge in [0.1, 0.15) is 5.56 Å². The van der Waals surface area contributed by atoms with Crippen molar-refractivity contribution in [3.05, 3.63) is 62.8 Å². The van der Waals surface area contributed by atoms with Gasteiger partial charge in [0.05, 0.1) is 13.2 Å². The van der Waals surface area contributed by atoms with Crippen LogP contribution in [0.25, 0.3) is 0 Å². The van der Waals surface area contributed by atoms with Crippen LogP contribution < -0.4 is 5.56 Å². The Labute approximate surface area is 120 Å². The molecule has 0 saturated heterocycles. The number of aromatic nitrogens is 2. The Morgan fingerprint density at radius 3 is 2.70 bits per heavy atom. The van der Waals surface area contributed by atoms with Crippen LogP contribution in [0.2, 0.25) is 0 Å². The van der Waals surface area contributed by atoms with E-state index in [1.807, 2.05) is 30.3 Å². The summed E-state index contributed by atoms with van der Waals surface area (Å²) in [6.07, 6.45) is 1.30. The van der Waals surface area contributed by atoms with E-state index in [1.54, 1.807) is 6.92 Å². The van der Waals surface area contributed by atoms with E-state index in [2.05, 4.69) is 4.98 Å². The van der Waals surface area contributed by atoms with Gasteiger partial charge >= 0.3 is 5.97 Å². The number of ether oxygens (including phenoxy) is 1. The van der Waals surface area contributed by atoms with Gasteiger partial charge in [0.25, 0.3) is 5.56 Å². The highest BCUT2D eigenvalue weighted by atomic mass is 32.1. The van der Waals surface area contributed by atoms with Crippen LogP contribution >= 0.6 is 12.2 Å². The summed E-state index contributed by atoms with van der Waals surface area (Å²) in [5.74, 6) is -0.648. The minimum absolute atomic E-state index is 0.0450. The lowest BCUT2D eigenvalue weighted by molar-refractivity contribution is 0.0523. The molecule has 0 radical (unpaired) electrons. The molecule has 0 saturated carbocycles. The lowest BCUT2D eigenvalue weighted by atomic mass is 10.2. The third kappa shape index (κ3) is 3.03. The molecule has 0 atom stereocenters. The van der Waals surface area contributed by atoms with E-state index in [-0.39, 0.29) is 16.9 Å². The Bertz CT molecular complexity index is 719. The minimum Gasteiger partial charge on any atom is -0.462 e. The lowest BCUT2D eigenvalue weighted by Gasteiger charge is -2.08. The van der Waals surface area contributed by atoms with Gasteiger partial charge in [0.2, 0.25) is 0 Å². The molecule has 6 heteroatoms. The van der Waals surface area contributed by atoms with Gasteiger partial charge in [-0.2, -0.15) is 0 Å². The van der Waals surface area contributed by atoms with Crippen molar-refractivity contribution in [2.75, 3.05) is 6.61 Å². The molecule has 104 valence electrons. The average Bonchev–Trinajstić information content (AvgIpc) is 2.45. The summed E-state index contributed by atoms with van der Waals surface area (Å²) in [6.45, 7) is 2.21. The Morgan fingerprint density at radius 2 is 2.05 bits per heavy atom. The van der Waals surface area contributed by atoms with E-state index in [0.29, 0.717) is 6.54 Å². The number of H-pyrrole nitrogens is 1. The number of rotatable bonds is 4. The summed E-state index contributed by atoms with van der Waals surface area (Å²) in [4.78, 5) is 26.7. The second-order valence-corrected chi connectivity index (χ2v) is 4.49. The number of benzene rings is 1. The van der Waals surface area contributed by atoms with Crippen LogP contribution in [0, 0.1) is 4.77 Å². The summed E-state index contributed by atoms with van der Waals surface area (Å²) in [5, 5.41) is 0. The largest absolute Gasteiger partial charge is 0.462 e. The van der Waals surface area contributed by atoms with Crippen molar-refractivity contribution in [2.24, 2.45) is 0 Å². The normalized spacial score (nSPS) is 10.2. The first-order valence-electron chi connectivity index (χ1n) is 6.17. The van der Waals surface area contributed by atoms with E-state index < -0.39 is 11.5 Å². The zero-order valence-electron chi connectivity index (χ0n) is 11.0. The summed E-state index contributed by atoms with van der Waals surface area (Å²) < 4.78 is 6.46. The molecule has 0 aliphatic heterocycles. The standard InChI is InChI=1S/C14H14N2O3S/c1-2-19-13(18)11-8-15-14(20)16(12(11)17)9-10-6-4-3-5-7-10/h3-8H,2,9H2,1H3,(H,15,20). The molecule has 0 bridgehead atoms. The monoisotopic (exact) mass is 290 g/mol. The third-order valence-electron chi connectivity index (χ3n) is 2.74. The third-order valence-corrected chi connectivity index (χ3v) is 3.08. The van der Waals surface area contributed by atoms with E-state index in [9.17, 15) is 9.59 Å². The number of carbonyl (C=O) groups excluding carboxylic acids is 1. The molecule has 1 heterocycles. The fourth-order valence-electron chi connectivity index (χ4n) is 1.78. The fourth-order valence-corrected chi connectivity index (χ4v) is 1.98. The Morgan fingerprint density at radius 1 is 1.35 bits per heavy atom. The zero-order valence-corrected chi connectivity index (χ0v) is 11.8. The topological polar surface area (TPSA) is 64.1 Å². The van der Waals surface area contributed by atoms with Crippen LogP contribution in [-0.2, 0) is 11.3 Å². The smallest absolute Gasteiger partial charge is 0.345 e. The van der Waals surface area contributed by atoms with E-state index in [1.165, 1.54) is 10.8 Å². The summed E-state index contributed by atoms with van der Waals surface area (Å²) in [5.41, 5.74) is 0.433. The Kier molecular flexibility index (Phi) is 4.47. The zero-order chi connectivity index (χ0) is 14.5. The molecule has 1 aromatic carbocycles. The molecular weight excluding hydrogens is 276 g/mol. The van der Waals surface area contributed by atoms with Crippen LogP contribution in [0.4, 0.5) is 0 Å². The summed E-state index contributed by atoms with van der Waals surface area (Å²) in [7, 11) is 0. The maximum Gasteiger partial charge on any atom is 0.345 e. The molecule has 0 amide bonds. The van der Waals surface area contributed by atoms with Gasteiger partial charge in [-0.3, -0.25) is 9.36 Å². The molecule has 0 aliphatic carbocycles. The number of esters is 1. The van der Waals surface area contributed by atoms with Crippen LogP contribution in [0.15, 0.2) is 41.3 Å². The van der Waals surface area contributed by atoms with Gasteiger partial charge < -0.3 is 9.72 Å². The second-order valence-electron chi connectivity index (χ2n) is 4.10. The number of hydrogen-bond acceptors (Lipinski definition) is 4. The molecule has 0 unspecified atom stereocenters. The second kappa shape index (κ2) is 6.29. The number of hydrogen-bond donors (Lipinski definition) is 1. The SMILES string of the molecule is CCOC(=O)c1c[nH]c(=S)n(Cc2ccccc2)c1=O. The quantitative estimate of drug-likeness (QED) is 0.692. The molecule has 20 heavy (non-hydrogen) atoms. The Balaban J connectivity index is 2.43. The van der Waals surface area contributed by atoms with Crippen molar-refractivity contribution in [3.63, 3.8) is 0 Å². The van der Waals surface area contributed by atoms with Crippen molar-refractivity contribution < 1.29 is 9.53 Å². The maximum atomic E-state index is 12.3. The molecule has 0 aliphatic rings. The molecule has 1 N–H and O–H groups in total.